The fraction of sp³-hybridized carbons (Fsp3) is 0.385. The molecule has 0 radical (unpaired) electrons. The second-order valence-corrected chi connectivity index (χ2v) is 12.2. The van der Waals surface area contributed by atoms with Crippen molar-refractivity contribution in [1.29, 1.82) is 0 Å². The summed E-state index contributed by atoms with van der Waals surface area (Å²) in [6.07, 6.45) is 0.661. The Morgan fingerprint density at radius 2 is 1.76 bits per heavy atom. The number of sulfonamides is 1. The van der Waals surface area contributed by atoms with E-state index in [1.165, 1.54) is 43.3 Å². The van der Waals surface area contributed by atoms with Crippen LogP contribution in [0.25, 0.3) is 5.76 Å². The molecule has 0 aromatic heterocycles. The zero-order chi connectivity index (χ0) is 26.7. The van der Waals surface area contributed by atoms with E-state index < -0.39 is 27.8 Å². The molecule has 4 rings (SSSR count). The maximum Gasteiger partial charge on any atom is 0.295 e. The molecule has 11 heteroatoms. The van der Waals surface area contributed by atoms with Gasteiger partial charge in [-0.2, -0.15) is 0 Å². The Balaban J connectivity index is 1.68. The topological polar surface area (TPSA) is 107 Å². The first kappa shape index (κ1) is 27.5. The summed E-state index contributed by atoms with van der Waals surface area (Å²) in [5.74, 6) is -1.77. The number of benzene rings is 2. The number of nitrogens with zero attached hydrogens (tertiary/aromatic N) is 3. The van der Waals surface area contributed by atoms with Crippen molar-refractivity contribution in [2.24, 2.45) is 0 Å². The summed E-state index contributed by atoms with van der Waals surface area (Å²) in [5, 5.41) is 11.2. The lowest BCUT2D eigenvalue weighted by molar-refractivity contribution is -0.140. The lowest BCUT2D eigenvalue weighted by Gasteiger charge is -2.29. The highest BCUT2D eigenvalue weighted by molar-refractivity contribution is 9.10. The summed E-state index contributed by atoms with van der Waals surface area (Å²) >= 11 is 3.46. The largest absolute Gasteiger partial charge is 0.507 e. The molecule has 2 saturated heterocycles. The number of amides is 1. The first-order valence-electron chi connectivity index (χ1n) is 12.0. The Kier molecular flexibility index (Phi) is 8.49. The summed E-state index contributed by atoms with van der Waals surface area (Å²) in [4.78, 5) is 30.2. The molecular formula is C26H30BrN3O6S. The molecule has 9 nitrogen and oxygen atoms in total. The fourth-order valence-electron chi connectivity index (χ4n) is 4.57. The van der Waals surface area contributed by atoms with Crippen molar-refractivity contribution in [2.45, 2.75) is 17.4 Å². The number of aliphatic hydroxyl groups is 1. The number of morpholine rings is 1. The van der Waals surface area contributed by atoms with Crippen LogP contribution in [0.1, 0.15) is 23.6 Å². The van der Waals surface area contributed by atoms with Crippen molar-refractivity contribution in [1.82, 2.24) is 14.1 Å². The number of likely N-dealkylation sites (tertiary alicyclic amines) is 1. The Hall–Kier alpha value is -2.57. The highest BCUT2D eigenvalue weighted by Gasteiger charge is 2.45. The van der Waals surface area contributed by atoms with Crippen LogP contribution in [0.3, 0.4) is 0 Å². The zero-order valence-electron chi connectivity index (χ0n) is 20.8. The molecule has 2 aromatic carbocycles. The Morgan fingerprint density at radius 1 is 1.08 bits per heavy atom. The van der Waals surface area contributed by atoms with Gasteiger partial charge in [-0.1, -0.05) is 28.1 Å². The van der Waals surface area contributed by atoms with Crippen LogP contribution in [-0.2, 0) is 24.3 Å². The van der Waals surface area contributed by atoms with Gasteiger partial charge in [0.1, 0.15) is 5.76 Å². The molecule has 0 bridgehead atoms. The summed E-state index contributed by atoms with van der Waals surface area (Å²) in [5.41, 5.74) is 0.926. The van der Waals surface area contributed by atoms with E-state index in [-0.39, 0.29) is 21.8 Å². The van der Waals surface area contributed by atoms with Gasteiger partial charge in [-0.15, -0.1) is 0 Å². The van der Waals surface area contributed by atoms with Crippen LogP contribution in [0, 0.1) is 0 Å². The van der Waals surface area contributed by atoms with E-state index in [1.54, 1.807) is 0 Å². The summed E-state index contributed by atoms with van der Waals surface area (Å²) < 4.78 is 32.1. The van der Waals surface area contributed by atoms with Gasteiger partial charge in [-0.05, 0) is 48.4 Å². The minimum atomic E-state index is -3.66. The third-order valence-corrected chi connectivity index (χ3v) is 8.91. The monoisotopic (exact) mass is 591 g/mol. The van der Waals surface area contributed by atoms with Crippen LogP contribution in [0.15, 0.2) is 63.5 Å². The summed E-state index contributed by atoms with van der Waals surface area (Å²) in [7, 11) is -0.791. The van der Waals surface area contributed by atoms with Crippen molar-refractivity contribution in [3.05, 3.63) is 69.7 Å². The average molecular weight is 593 g/mol. The molecule has 1 atom stereocenters. The number of hydrogen-bond acceptors (Lipinski definition) is 7. The number of aliphatic hydroxyl groups excluding tert-OH is 1. The number of ether oxygens (including phenoxy) is 1. The fourth-order valence-corrected chi connectivity index (χ4v) is 5.89. The summed E-state index contributed by atoms with van der Waals surface area (Å²) in [6, 6.07) is 12.2. The van der Waals surface area contributed by atoms with Gasteiger partial charge in [-0.25, -0.2) is 12.7 Å². The molecule has 2 aliphatic rings. The molecule has 1 N–H and O–H groups in total. The number of carbonyl (C=O) groups is 2. The molecule has 0 aliphatic carbocycles. The van der Waals surface area contributed by atoms with Gasteiger partial charge in [0.25, 0.3) is 11.7 Å². The SMILES string of the molecule is CN(C)S(=O)(=O)c1ccc(/C(O)=C2\C(=O)C(=O)N(CCCN3CCOCC3)[C@@H]2c2cccc(Br)c2)cc1. The molecule has 0 spiro atoms. The van der Waals surface area contributed by atoms with Crippen molar-refractivity contribution in [3.8, 4) is 0 Å². The second kappa shape index (κ2) is 11.4. The molecule has 2 heterocycles. The normalized spacial score (nSPS) is 20.6. The second-order valence-electron chi connectivity index (χ2n) is 9.17. The molecule has 2 aliphatic heterocycles. The number of halogens is 1. The van der Waals surface area contributed by atoms with E-state index in [0.29, 0.717) is 31.7 Å². The number of Topliss-reactive ketones (excluding diaryl/α,β-unsaturated/α-hetero) is 1. The average Bonchev–Trinajstić information content (AvgIpc) is 3.14. The van der Waals surface area contributed by atoms with Crippen molar-refractivity contribution in [3.63, 3.8) is 0 Å². The van der Waals surface area contributed by atoms with E-state index in [4.69, 9.17) is 4.74 Å². The lowest BCUT2D eigenvalue weighted by atomic mass is 9.95. The highest BCUT2D eigenvalue weighted by Crippen LogP contribution is 2.40. The third kappa shape index (κ3) is 5.80. The number of hydrogen-bond donors (Lipinski definition) is 1. The molecule has 37 heavy (non-hydrogen) atoms. The van der Waals surface area contributed by atoms with Crippen molar-refractivity contribution < 1.29 is 27.9 Å². The van der Waals surface area contributed by atoms with E-state index in [2.05, 4.69) is 20.8 Å². The number of carbonyl (C=O) groups excluding carboxylic acids is 2. The number of ketones is 1. The van der Waals surface area contributed by atoms with Crippen molar-refractivity contribution in [2.75, 3.05) is 53.5 Å². The van der Waals surface area contributed by atoms with Crippen LogP contribution in [0.4, 0.5) is 0 Å². The van der Waals surface area contributed by atoms with Gasteiger partial charge < -0.3 is 14.7 Å². The lowest BCUT2D eigenvalue weighted by Crippen LogP contribution is -2.38. The zero-order valence-corrected chi connectivity index (χ0v) is 23.2. The van der Waals surface area contributed by atoms with E-state index >= 15 is 0 Å². The first-order chi connectivity index (χ1) is 17.6. The van der Waals surface area contributed by atoms with Crippen LogP contribution in [0.5, 0.6) is 0 Å². The Bertz CT molecular complexity index is 1300. The van der Waals surface area contributed by atoms with Gasteiger partial charge in [0.2, 0.25) is 10.0 Å². The maximum absolute atomic E-state index is 13.2. The minimum absolute atomic E-state index is 0.0160. The third-order valence-electron chi connectivity index (χ3n) is 6.59. The van der Waals surface area contributed by atoms with Crippen LogP contribution < -0.4 is 0 Å². The molecule has 198 valence electrons. The van der Waals surface area contributed by atoms with Gasteiger partial charge in [0.15, 0.2) is 0 Å². The van der Waals surface area contributed by atoms with Crippen LogP contribution in [0.2, 0.25) is 0 Å². The molecule has 2 fully saturated rings. The van der Waals surface area contributed by atoms with Crippen LogP contribution in [-0.4, -0.2) is 92.8 Å². The predicted octanol–water partition coefficient (Wildman–Crippen LogP) is 2.84. The van der Waals surface area contributed by atoms with Crippen LogP contribution >= 0.6 is 15.9 Å². The van der Waals surface area contributed by atoms with Gasteiger partial charge >= 0.3 is 0 Å². The first-order valence-corrected chi connectivity index (χ1v) is 14.2. The van der Waals surface area contributed by atoms with Crippen molar-refractivity contribution >= 4 is 43.4 Å². The molecule has 1 amide bonds. The minimum Gasteiger partial charge on any atom is -0.507 e. The van der Waals surface area contributed by atoms with E-state index in [9.17, 15) is 23.1 Å². The van der Waals surface area contributed by atoms with Gasteiger partial charge in [-0.3, -0.25) is 14.5 Å². The Labute approximate surface area is 225 Å². The highest BCUT2D eigenvalue weighted by atomic mass is 79.9. The van der Waals surface area contributed by atoms with E-state index in [0.717, 1.165) is 28.4 Å². The standard InChI is InChI=1S/C26H30BrN3O6S/c1-28(2)37(34,35)21-9-7-18(8-10-21)24(31)22-23(19-5-3-6-20(27)17-19)30(26(33)25(22)32)12-4-11-29-13-15-36-16-14-29/h3,5-10,17,23,31H,4,11-16H2,1-2H3/b24-22+/t23-/m1/s1. The van der Waals surface area contributed by atoms with Gasteiger partial charge in [0.05, 0.1) is 29.7 Å². The number of rotatable bonds is 8. The molecule has 0 saturated carbocycles. The maximum atomic E-state index is 13.2. The van der Waals surface area contributed by atoms with E-state index in [1.807, 2.05) is 24.3 Å². The molecule has 2 aromatic rings. The molecular weight excluding hydrogens is 562 g/mol. The summed E-state index contributed by atoms with van der Waals surface area (Å²) in [6.45, 7) is 4.12. The predicted molar refractivity (Wildman–Crippen MR) is 142 cm³/mol. The quantitative estimate of drug-likeness (QED) is 0.286. The van der Waals surface area contributed by atoms with Gasteiger partial charge in [0, 0.05) is 50.3 Å². The smallest absolute Gasteiger partial charge is 0.295 e. The molecule has 0 unspecified atom stereocenters. The Morgan fingerprint density at radius 3 is 2.38 bits per heavy atom.